The fraction of sp³-hybridized carbons (Fsp3) is 0.316. The molecule has 0 fully saturated rings. The second kappa shape index (κ2) is 9.37. The Labute approximate surface area is 169 Å². The molecular formula is C19H24N4O5S. The Bertz CT molecular complexity index is 1010. The molecule has 0 spiro atoms. The third-order valence-corrected chi connectivity index (χ3v) is 4.11. The summed E-state index contributed by atoms with van der Waals surface area (Å²) in [5.41, 5.74) is 1.21. The first-order valence-corrected chi connectivity index (χ1v) is 10.7. The van der Waals surface area contributed by atoms with E-state index in [2.05, 4.69) is 20.3 Å². The maximum Gasteiger partial charge on any atom is 0.253 e. The number of nitrogens with one attached hydrogen (secondary N) is 3. The number of hydrogen-bond donors (Lipinski definition) is 3. The lowest BCUT2D eigenvalue weighted by Crippen LogP contribution is -2.25. The molecule has 1 aromatic heterocycles. The number of carbonyl (C=O) groups excluding carboxylic acids is 2. The highest BCUT2D eigenvalue weighted by atomic mass is 32.2. The van der Waals surface area contributed by atoms with Gasteiger partial charge in [0, 0.05) is 30.9 Å². The number of amides is 2. The maximum absolute atomic E-state index is 12.8. The SMILES string of the molecule is CC(=O)Nc1ccc(NS(C)(=O)=O)c(C(=O)NCc2cccnc2OC(C)C)c1. The van der Waals surface area contributed by atoms with Crippen molar-refractivity contribution in [3.8, 4) is 5.88 Å². The van der Waals surface area contributed by atoms with Crippen LogP contribution in [0.3, 0.4) is 0 Å². The lowest BCUT2D eigenvalue weighted by Gasteiger charge is -2.15. The summed E-state index contributed by atoms with van der Waals surface area (Å²) < 4.78 is 31.2. The second-order valence-electron chi connectivity index (χ2n) is 6.63. The van der Waals surface area contributed by atoms with Crippen LogP contribution in [-0.2, 0) is 21.4 Å². The number of carbonyl (C=O) groups is 2. The molecule has 2 aromatic rings. The van der Waals surface area contributed by atoms with E-state index in [0.29, 0.717) is 17.1 Å². The van der Waals surface area contributed by atoms with E-state index in [1.807, 2.05) is 13.8 Å². The Hall–Kier alpha value is -3.14. The number of nitrogens with zero attached hydrogens (tertiary/aromatic N) is 1. The van der Waals surface area contributed by atoms with E-state index in [4.69, 9.17) is 4.74 Å². The Morgan fingerprint density at radius 3 is 2.55 bits per heavy atom. The van der Waals surface area contributed by atoms with Crippen molar-refractivity contribution in [1.82, 2.24) is 10.3 Å². The van der Waals surface area contributed by atoms with Gasteiger partial charge in [0.25, 0.3) is 5.91 Å². The zero-order chi connectivity index (χ0) is 21.6. The Kier molecular flexibility index (Phi) is 7.16. The smallest absolute Gasteiger partial charge is 0.253 e. The molecule has 2 rings (SSSR count). The molecule has 0 atom stereocenters. The van der Waals surface area contributed by atoms with Gasteiger partial charge in [-0.05, 0) is 38.1 Å². The van der Waals surface area contributed by atoms with Gasteiger partial charge in [0.1, 0.15) is 0 Å². The minimum absolute atomic E-state index is 0.0666. The summed E-state index contributed by atoms with van der Waals surface area (Å²) in [6.07, 6.45) is 2.49. The highest BCUT2D eigenvalue weighted by molar-refractivity contribution is 7.92. The molecule has 29 heavy (non-hydrogen) atoms. The predicted octanol–water partition coefficient (Wildman–Crippen LogP) is 2.13. The summed E-state index contributed by atoms with van der Waals surface area (Å²) >= 11 is 0. The van der Waals surface area contributed by atoms with Gasteiger partial charge in [-0.2, -0.15) is 0 Å². The summed E-state index contributed by atoms with van der Waals surface area (Å²) in [4.78, 5) is 28.2. The van der Waals surface area contributed by atoms with Gasteiger partial charge >= 0.3 is 0 Å². The number of hydrogen-bond acceptors (Lipinski definition) is 6. The van der Waals surface area contributed by atoms with E-state index in [1.54, 1.807) is 18.3 Å². The Balaban J connectivity index is 2.27. The highest BCUT2D eigenvalue weighted by Gasteiger charge is 2.16. The van der Waals surface area contributed by atoms with Crippen LogP contribution < -0.4 is 20.1 Å². The molecule has 3 N–H and O–H groups in total. The first-order chi connectivity index (χ1) is 13.5. The molecule has 0 radical (unpaired) electrons. The standard InChI is InChI=1S/C19H24N4O5S/c1-12(2)28-19-14(6-5-9-20-19)11-21-18(25)16-10-15(22-13(3)24)7-8-17(16)23-29(4,26)27/h5-10,12,23H,11H2,1-4H3,(H,21,25)(H,22,24). The zero-order valence-corrected chi connectivity index (χ0v) is 17.5. The molecule has 2 amide bonds. The number of aromatic nitrogens is 1. The second-order valence-corrected chi connectivity index (χ2v) is 8.38. The Morgan fingerprint density at radius 2 is 1.93 bits per heavy atom. The number of rotatable bonds is 8. The van der Waals surface area contributed by atoms with Crippen LogP contribution in [0.25, 0.3) is 0 Å². The molecule has 0 bridgehead atoms. The van der Waals surface area contributed by atoms with Gasteiger partial charge < -0.3 is 15.4 Å². The highest BCUT2D eigenvalue weighted by Crippen LogP contribution is 2.22. The summed E-state index contributed by atoms with van der Waals surface area (Å²) in [6.45, 7) is 5.19. The molecule has 0 aliphatic rings. The van der Waals surface area contributed by atoms with Crippen molar-refractivity contribution < 1.29 is 22.7 Å². The fourth-order valence-corrected chi connectivity index (χ4v) is 3.04. The third-order valence-electron chi connectivity index (χ3n) is 3.52. The molecule has 1 aromatic carbocycles. The van der Waals surface area contributed by atoms with Crippen molar-refractivity contribution in [1.29, 1.82) is 0 Å². The van der Waals surface area contributed by atoms with Crippen molar-refractivity contribution >= 4 is 33.2 Å². The van der Waals surface area contributed by atoms with Crippen LogP contribution in [0, 0.1) is 0 Å². The van der Waals surface area contributed by atoms with Crippen molar-refractivity contribution in [3.63, 3.8) is 0 Å². The lowest BCUT2D eigenvalue weighted by atomic mass is 10.1. The summed E-state index contributed by atoms with van der Waals surface area (Å²) in [6, 6.07) is 7.82. The van der Waals surface area contributed by atoms with Crippen molar-refractivity contribution in [2.75, 3.05) is 16.3 Å². The topological polar surface area (TPSA) is 126 Å². The summed E-state index contributed by atoms with van der Waals surface area (Å²) in [5.74, 6) is -0.432. The van der Waals surface area contributed by atoms with Crippen molar-refractivity contribution in [2.24, 2.45) is 0 Å². The molecular weight excluding hydrogens is 396 g/mol. The van der Waals surface area contributed by atoms with Crippen LogP contribution in [0.1, 0.15) is 36.7 Å². The van der Waals surface area contributed by atoms with Crippen LogP contribution in [-0.4, -0.2) is 37.6 Å². The monoisotopic (exact) mass is 420 g/mol. The molecule has 0 unspecified atom stereocenters. The normalized spacial score (nSPS) is 11.1. The molecule has 9 nitrogen and oxygen atoms in total. The zero-order valence-electron chi connectivity index (χ0n) is 16.6. The third kappa shape index (κ3) is 7.07. The summed E-state index contributed by atoms with van der Waals surface area (Å²) in [7, 11) is -3.60. The fourth-order valence-electron chi connectivity index (χ4n) is 2.46. The van der Waals surface area contributed by atoms with Crippen LogP contribution >= 0.6 is 0 Å². The molecule has 0 saturated heterocycles. The number of ether oxygens (including phenoxy) is 1. The lowest BCUT2D eigenvalue weighted by molar-refractivity contribution is -0.114. The maximum atomic E-state index is 12.8. The van der Waals surface area contributed by atoms with Crippen molar-refractivity contribution in [3.05, 3.63) is 47.7 Å². The van der Waals surface area contributed by atoms with E-state index in [9.17, 15) is 18.0 Å². The van der Waals surface area contributed by atoms with E-state index in [1.165, 1.54) is 25.1 Å². The van der Waals surface area contributed by atoms with E-state index < -0.39 is 15.9 Å². The predicted molar refractivity (Wildman–Crippen MR) is 110 cm³/mol. The van der Waals surface area contributed by atoms with Gasteiger partial charge in [0.15, 0.2) is 0 Å². The number of pyridine rings is 1. The van der Waals surface area contributed by atoms with Crippen LogP contribution in [0.4, 0.5) is 11.4 Å². The largest absolute Gasteiger partial charge is 0.475 e. The van der Waals surface area contributed by atoms with Gasteiger partial charge in [0.2, 0.25) is 21.8 Å². The molecule has 1 heterocycles. The number of benzene rings is 1. The van der Waals surface area contributed by atoms with Crippen LogP contribution in [0.2, 0.25) is 0 Å². The van der Waals surface area contributed by atoms with E-state index in [-0.39, 0.29) is 29.8 Å². The molecule has 0 aliphatic carbocycles. The molecule has 0 saturated carbocycles. The van der Waals surface area contributed by atoms with Gasteiger partial charge in [0.05, 0.1) is 23.6 Å². The van der Waals surface area contributed by atoms with Crippen LogP contribution in [0.5, 0.6) is 5.88 Å². The van der Waals surface area contributed by atoms with E-state index in [0.717, 1.165) is 6.26 Å². The van der Waals surface area contributed by atoms with Gasteiger partial charge in [-0.25, -0.2) is 13.4 Å². The van der Waals surface area contributed by atoms with Gasteiger partial charge in [-0.3, -0.25) is 14.3 Å². The van der Waals surface area contributed by atoms with Crippen LogP contribution in [0.15, 0.2) is 36.5 Å². The van der Waals surface area contributed by atoms with Gasteiger partial charge in [-0.15, -0.1) is 0 Å². The number of anilines is 2. The number of sulfonamides is 1. The average molecular weight is 420 g/mol. The quantitative estimate of drug-likeness (QED) is 0.600. The minimum atomic E-state index is -3.60. The first-order valence-electron chi connectivity index (χ1n) is 8.83. The first kappa shape index (κ1) is 22.2. The van der Waals surface area contributed by atoms with E-state index >= 15 is 0 Å². The molecule has 10 heteroatoms. The average Bonchev–Trinajstić information content (AvgIpc) is 2.60. The van der Waals surface area contributed by atoms with Crippen molar-refractivity contribution in [2.45, 2.75) is 33.4 Å². The van der Waals surface area contributed by atoms with Gasteiger partial charge in [-0.1, -0.05) is 6.07 Å². The summed E-state index contributed by atoms with van der Waals surface area (Å²) in [5, 5.41) is 5.30. The minimum Gasteiger partial charge on any atom is -0.475 e. The Morgan fingerprint density at radius 1 is 1.21 bits per heavy atom. The molecule has 0 aliphatic heterocycles. The molecule has 156 valence electrons.